The van der Waals surface area contributed by atoms with E-state index in [0.29, 0.717) is 39.3 Å². The van der Waals surface area contributed by atoms with Crippen LogP contribution < -0.4 is 0 Å². The van der Waals surface area contributed by atoms with E-state index < -0.39 is 5.38 Å². The summed E-state index contributed by atoms with van der Waals surface area (Å²) in [6.45, 7) is 8.62. The summed E-state index contributed by atoms with van der Waals surface area (Å²) < 4.78 is 7.36. The van der Waals surface area contributed by atoms with Crippen molar-refractivity contribution in [2.45, 2.75) is 52.0 Å². The minimum Gasteiger partial charge on any atom is -0.382 e. The lowest BCUT2D eigenvalue weighted by atomic mass is 10.2. The minimum atomic E-state index is -0.651. The van der Waals surface area contributed by atoms with E-state index in [1.807, 2.05) is 41.8 Å². The van der Waals surface area contributed by atoms with Gasteiger partial charge in [-0.2, -0.15) is 0 Å². The molecule has 0 aliphatic carbocycles. The van der Waals surface area contributed by atoms with Crippen LogP contribution in [0.1, 0.15) is 45.7 Å². The number of carbonyl (C=O) groups excluding carboxylic acids is 2. The number of halogens is 1. The van der Waals surface area contributed by atoms with E-state index in [9.17, 15) is 9.59 Å². The van der Waals surface area contributed by atoms with E-state index in [1.54, 1.807) is 11.8 Å². The fourth-order valence-corrected chi connectivity index (χ4v) is 2.92. The number of ether oxygens (including phenoxy) is 1. The first-order chi connectivity index (χ1) is 12.9. The van der Waals surface area contributed by atoms with E-state index in [0.717, 1.165) is 18.5 Å². The van der Waals surface area contributed by atoms with Crippen LogP contribution in [0, 0.1) is 0 Å². The van der Waals surface area contributed by atoms with Crippen LogP contribution in [0.4, 0.5) is 0 Å². The average Bonchev–Trinajstić information content (AvgIpc) is 3.04. The van der Waals surface area contributed by atoms with Gasteiger partial charge in [-0.05, 0) is 38.8 Å². The molecule has 2 amide bonds. The number of carbonyl (C=O) groups is 2. The molecule has 0 aliphatic rings. The minimum absolute atomic E-state index is 0.0493. The number of hydrogen-bond acceptors (Lipinski definition) is 3. The SMILES string of the molecule is CCCCN(Cc1cccn1C)C(=O)CN(CCCOCC)C(=O)[C@H](C)Cl. The molecule has 0 N–H and O–H groups in total. The van der Waals surface area contributed by atoms with Crippen molar-refractivity contribution < 1.29 is 14.3 Å². The van der Waals surface area contributed by atoms with Crippen LogP contribution >= 0.6 is 11.6 Å². The average molecular weight is 400 g/mol. The zero-order chi connectivity index (χ0) is 20.2. The molecule has 1 heterocycles. The lowest BCUT2D eigenvalue weighted by molar-refractivity contribution is -0.140. The molecular formula is C20H34ClN3O3. The molecule has 0 unspecified atom stereocenters. The Kier molecular flexibility index (Phi) is 11.1. The highest BCUT2D eigenvalue weighted by Gasteiger charge is 2.24. The van der Waals surface area contributed by atoms with Gasteiger partial charge in [-0.3, -0.25) is 9.59 Å². The van der Waals surface area contributed by atoms with Gasteiger partial charge in [0.25, 0.3) is 0 Å². The van der Waals surface area contributed by atoms with Crippen LogP contribution in [-0.4, -0.2) is 64.4 Å². The molecule has 1 atom stereocenters. The van der Waals surface area contributed by atoms with Gasteiger partial charge in [0.2, 0.25) is 11.8 Å². The number of aromatic nitrogens is 1. The van der Waals surface area contributed by atoms with Gasteiger partial charge in [-0.15, -0.1) is 11.6 Å². The third-order valence-corrected chi connectivity index (χ3v) is 4.62. The molecule has 7 heteroatoms. The third-order valence-electron chi connectivity index (χ3n) is 4.44. The van der Waals surface area contributed by atoms with Gasteiger partial charge in [0.1, 0.15) is 5.38 Å². The molecule has 0 bridgehead atoms. The standard InChI is InChI=1S/C20H34ClN3O3/c1-5-7-12-23(15-18-10-8-11-22(18)4)19(25)16-24(20(26)17(3)21)13-9-14-27-6-2/h8,10-11,17H,5-7,9,12-16H2,1-4H3/t17-/m0/s1. The monoisotopic (exact) mass is 399 g/mol. The van der Waals surface area contributed by atoms with Gasteiger partial charge in [-0.25, -0.2) is 0 Å². The van der Waals surface area contributed by atoms with Crippen molar-refractivity contribution in [2.75, 3.05) is 32.8 Å². The van der Waals surface area contributed by atoms with E-state index in [1.165, 1.54) is 0 Å². The van der Waals surface area contributed by atoms with Crippen molar-refractivity contribution >= 4 is 23.4 Å². The molecule has 1 rings (SSSR count). The predicted molar refractivity (Wildman–Crippen MR) is 109 cm³/mol. The Morgan fingerprint density at radius 1 is 1.22 bits per heavy atom. The maximum Gasteiger partial charge on any atom is 0.242 e. The van der Waals surface area contributed by atoms with Crippen molar-refractivity contribution in [1.29, 1.82) is 0 Å². The highest BCUT2D eigenvalue weighted by Crippen LogP contribution is 2.10. The first kappa shape index (κ1) is 23.5. The summed E-state index contributed by atoms with van der Waals surface area (Å²) in [6, 6.07) is 3.98. The molecule has 0 aliphatic heterocycles. The summed E-state index contributed by atoms with van der Waals surface area (Å²) in [5.41, 5.74) is 1.07. The molecule has 0 fully saturated rings. The van der Waals surface area contributed by atoms with Crippen molar-refractivity contribution in [3.8, 4) is 0 Å². The van der Waals surface area contributed by atoms with Crippen molar-refractivity contribution in [1.82, 2.24) is 14.4 Å². The molecule has 154 valence electrons. The summed E-state index contributed by atoms with van der Waals surface area (Å²) in [6.07, 6.45) is 4.59. The first-order valence-corrected chi connectivity index (χ1v) is 10.2. The van der Waals surface area contributed by atoms with Gasteiger partial charge in [-0.1, -0.05) is 13.3 Å². The Bertz CT molecular complexity index is 575. The number of aryl methyl sites for hydroxylation is 1. The van der Waals surface area contributed by atoms with E-state index in [-0.39, 0.29) is 18.4 Å². The fraction of sp³-hybridized carbons (Fsp3) is 0.700. The highest BCUT2D eigenvalue weighted by molar-refractivity contribution is 6.30. The van der Waals surface area contributed by atoms with E-state index in [4.69, 9.17) is 16.3 Å². The third kappa shape index (κ3) is 8.35. The smallest absolute Gasteiger partial charge is 0.242 e. The van der Waals surface area contributed by atoms with Gasteiger partial charge in [0.05, 0.1) is 13.1 Å². The first-order valence-electron chi connectivity index (χ1n) is 9.79. The Hall–Kier alpha value is -1.53. The maximum absolute atomic E-state index is 13.0. The van der Waals surface area contributed by atoms with Gasteiger partial charge in [0.15, 0.2) is 0 Å². The molecule has 0 aromatic carbocycles. The predicted octanol–water partition coefficient (Wildman–Crippen LogP) is 3.04. The quantitative estimate of drug-likeness (QED) is 0.378. The Morgan fingerprint density at radius 2 is 1.93 bits per heavy atom. The molecule has 1 aromatic rings. The molecule has 0 spiro atoms. The van der Waals surface area contributed by atoms with E-state index in [2.05, 4.69) is 6.92 Å². The van der Waals surface area contributed by atoms with Crippen molar-refractivity contribution in [2.24, 2.45) is 7.05 Å². The Morgan fingerprint density at radius 3 is 2.48 bits per heavy atom. The second-order valence-corrected chi connectivity index (χ2v) is 7.36. The maximum atomic E-state index is 13.0. The topological polar surface area (TPSA) is 54.8 Å². The molecule has 0 radical (unpaired) electrons. The molecule has 0 saturated carbocycles. The largest absolute Gasteiger partial charge is 0.382 e. The molecular weight excluding hydrogens is 366 g/mol. The van der Waals surface area contributed by atoms with Crippen molar-refractivity contribution in [3.05, 3.63) is 24.0 Å². The summed E-state index contributed by atoms with van der Waals surface area (Å²) in [5, 5.41) is -0.651. The van der Waals surface area contributed by atoms with Gasteiger partial charge < -0.3 is 19.1 Å². The zero-order valence-corrected chi connectivity index (χ0v) is 17.9. The number of hydrogen-bond donors (Lipinski definition) is 0. The van der Waals surface area contributed by atoms with E-state index >= 15 is 0 Å². The number of alkyl halides is 1. The Balaban J connectivity index is 2.78. The van der Waals surface area contributed by atoms with Crippen LogP contribution in [0.5, 0.6) is 0 Å². The number of nitrogens with zero attached hydrogens (tertiary/aromatic N) is 3. The van der Waals surface area contributed by atoms with Crippen LogP contribution in [-0.2, 0) is 27.9 Å². The second kappa shape index (κ2) is 12.8. The summed E-state index contributed by atoms with van der Waals surface area (Å²) in [7, 11) is 1.97. The number of unbranched alkanes of at least 4 members (excludes halogenated alkanes) is 1. The van der Waals surface area contributed by atoms with Crippen molar-refractivity contribution in [3.63, 3.8) is 0 Å². The molecule has 27 heavy (non-hydrogen) atoms. The second-order valence-electron chi connectivity index (χ2n) is 6.71. The van der Waals surface area contributed by atoms with Gasteiger partial charge in [0, 0.05) is 45.2 Å². The summed E-state index contributed by atoms with van der Waals surface area (Å²) >= 11 is 5.99. The highest BCUT2D eigenvalue weighted by atomic mass is 35.5. The van der Waals surface area contributed by atoms with Crippen LogP contribution in [0.3, 0.4) is 0 Å². The normalized spacial score (nSPS) is 12.0. The zero-order valence-electron chi connectivity index (χ0n) is 17.1. The number of rotatable bonds is 13. The van der Waals surface area contributed by atoms with Crippen LogP contribution in [0.25, 0.3) is 0 Å². The molecule has 1 aromatic heterocycles. The lowest BCUT2D eigenvalue weighted by Crippen LogP contribution is -2.45. The molecule has 6 nitrogen and oxygen atoms in total. The van der Waals surface area contributed by atoms with Crippen LogP contribution in [0.2, 0.25) is 0 Å². The number of amides is 2. The summed E-state index contributed by atoms with van der Waals surface area (Å²) in [5.74, 6) is -0.262. The van der Waals surface area contributed by atoms with Gasteiger partial charge >= 0.3 is 0 Å². The summed E-state index contributed by atoms with van der Waals surface area (Å²) in [4.78, 5) is 28.8. The lowest BCUT2D eigenvalue weighted by Gasteiger charge is -2.28. The Labute approximate surface area is 168 Å². The molecule has 0 saturated heterocycles. The van der Waals surface area contributed by atoms with Crippen LogP contribution in [0.15, 0.2) is 18.3 Å². The fourth-order valence-electron chi connectivity index (χ4n) is 2.78.